The number of carbonyl (C=O) groups is 1. The molecule has 0 amide bonds. The van der Waals surface area contributed by atoms with Gasteiger partial charge in [-0.15, -0.1) is 0 Å². The third-order valence-corrected chi connectivity index (χ3v) is 2.30. The third-order valence-electron chi connectivity index (χ3n) is 2.30. The SMILES string of the molecule is COCCOCCOCCOC(=O)c1cc[n+]([O-])cc1. The second-order valence-corrected chi connectivity index (χ2v) is 3.80. The molecule has 0 aromatic carbocycles. The Hall–Kier alpha value is -1.70. The summed E-state index contributed by atoms with van der Waals surface area (Å²) in [6, 6.07) is 2.81. The molecule has 1 heterocycles. The van der Waals surface area contributed by atoms with Gasteiger partial charge in [-0.05, 0) is 0 Å². The predicted molar refractivity (Wildman–Crippen MR) is 69.2 cm³/mol. The number of aromatic nitrogens is 1. The van der Waals surface area contributed by atoms with Crippen LogP contribution in [-0.4, -0.2) is 52.7 Å². The van der Waals surface area contributed by atoms with Gasteiger partial charge < -0.3 is 24.2 Å². The van der Waals surface area contributed by atoms with Crippen LogP contribution in [0.1, 0.15) is 10.4 Å². The Morgan fingerprint density at radius 3 is 2.20 bits per heavy atom. The van der Waals surface area contributed by atoms with Crippen LogP contribution in [0.15, 0.2) is 24.5 Å². The minimum Gasteiger partial charge on any atom is -0.619 e. The van der Waals surface area contributed by atoms with Gasteiger partial charge in [-0.1, -0.05) is 0 Å². The quantitative estimate of drug-likeness (QED) is 0.263. The Balaban J connectivity index is 2.01. The van der Waals surface area contributed by atoms with Crippen molar-refractivity contribution in [3.63, 3.8) is 0 Å². The summed E-state index contributed by atoms with van der Waals surface area (Å²) in [5.41, 5.74) is 0.333. The summed E-state index contributed by atoms with van der Waals surface area (Å²) in [7, 11) is 1.61. The smallest absolute Gasteiger partial charge is 0.338 e. The van der Waals surface area contributed by atoms with Gasteiger partial charge in [0, 0.05) is 19.2 Å². The van der Waals surface area contributed by atoms with E-state index in [9.17, 15) is 10.0 Å². The zero-order valence-electron chi connectivity index (χ0n) is 11.4. The normalized spacial score (nSPS) is 10.4. The number of carbonyl (C=O) groups excluding carboxylic acids is 1. The summed E-state index contributed by atoms with van der Waals surface area (Å²) in [5, 5.41) is 10.8. The van der Waals surface area contributed by atoms with E-state index < -0.39 is 5.97 Å². The summed E-state index contributed by atoms with van der Waals surface area (Å²) in [6.45, 7) is 2.44. The molecule has 7 heteroatoms. The number of rotatable bonds is 10. The zero-order chi connectivity index (χ0) is 14.6. The number of nitrogens with zero attached hydrogens (tertiary/aromatic N) is 1. The fourth-order valence-electron chi connectivity index (χ4n) is 1.29. The van der Waals surface area contributed by atoms with Gasteiger partial charge in [-0.25, -0.2) is 4.79 Å². The molecule has 0 aliphatic heterocycles. The van der Waals surface area contributed by atoms with Gasteiger partial charge in [0.25, 0.3) is 0 Å². The van der Waals surface area contributed by atoms with Gasteiger partial charge in [-0.3, -0.25) is 0 Å². The molecule has 0 saturated heterocycles. The lowest BCUT2D eigenvalue weighted by Gasteiger charge is -2.06. The topological polar surface area (TPSA) is 80.9 Å². The fraction of sp³-hybridized carbons (Fsp3) is 0.538. The molecule has 0 fully saturated rings. The maximum absolute atomic E-state index is 11.5. The Kier molecular flexibility index (Phi) is 8.28. The summed E-state index contributed by atoms with van der Waals surface area (Å²) >= 11 is 0. The van der Waals surface area contributed by atoms with Crippen molar-refractivity contribution in [2.24, 2.45) is 0 Å². The van der Waals surface area contributed by atoms with Crippen LogP contribution in [0.2, 0.25) is 0 Å². The molecule has 1 aromatic rings. The molecule has 0 atom stereocenters. The van der Waals surface area contributed by atoms with Crippen molar-refractivity contribution in [1.82, 2.24) is 0 Å². The van der Waals surface area contributed by atoms with Crippen LogP contribution in [0.5, 0.6) is 0 Å². The Morgan fingerprint density at radius 1 is 1.05 bits per heavy atom. The first-order valence-electron chi connectivity index (χ1n) is 6.24. The second-order valence-electron chi connectivity index (χ2n) is 3.80. The van der Waals surface area contributed by atoms with Crippen molar-refractivity contribution in [3.05, 3.63) is 35.3 Å². The zero-order valence-corrected chi connectivity index (χ0v) is 11.4. The molecule has 0 aliphatic carbocycles. The molecule has 0 saturated carbocycles. The monoisotopic (exact) mass is 285 g/mol. The predicted octanol–water partition coefficient (Wildman–Crippen LogP) is 0.156. The van der Waals surface area contributed by atoms with Crippen LogP contribution in [0, 0.1) is 5.21 Å². The molecule has 0 bridgehead atoms. The van der Waals surface area contributed by atoms with E-state index in [2.05, 4.69) is 0 Å². The molecule has 0 unspecified atom stereocenters. The summed E-state index contributed by atoms with van der Waals surface area (Å²) in [5.74, 6) is -0.481. The van der Waals surface area contributed by atoms with E-state index in [1.807, 2.05) is 0 Å². The van der Waals surface area contributed by atoms with Crippen LogP contribution < -0.4 is 4.73 Å². The van der Waals surface area contributed by atoms with Gasteiger partial charge in [-0.2, -0.15) is 4.73 Å². The van der Waals surface area contributed by atoms with Gasteiger partial charge in [0.1, 0.15) is 6.61 Å². The minimum atomic E-state index is -0.481. The largest absolute Gasteiger partial charge is 0.619 e. The Morgan fingerprint density at radius 2 is 1.60 bits per heavy atom. The van der Waals surface area contributed by atoms with Gasteiger partial charge in [0.2, 0.25) is 0 Å². The van der Waals surface area contributed by atoms with Crippen LogP contribution in [-0.2, 0) is 18.9 Å². The number of methoxy groups -OCH3 is 1. The highest BCUT2D eigenvalue weighted by molar-refractivity contribution is 5.88. The van der Waals surface area contributed by atoms with Crippen LogP contribution >= 0.6 is 0 Å². The lowest BCUT2D eigenvalue weighted by molar-refractivity contribution is -0.605. The molecule has 7 nitrogen and oxygen atoms in total. The van der Waals surface area contributed by atoms with Crippen molar-refractivity contribution >= 4 is 5.97 Å². The van der Waals surface area contributed by atoms with Crippen molar-refractivity contribution in [1.29, 1.82) is 0 Å². The van der Waals surface area contributed by atoms with Crippen LogP contribution in [0.25, 0.3) is 0 Å². The second kappa shape index (κ2) is 10.1. The first-order valence-corrected chi connectivity index (χ1v) is 6.24. The van der Waals surface area contributed by atoms with Gasteiger partial charge in [0.15, 0.2) is 12.4 Å². The van der Waals surface area contributed by atoms with E-state index in [1.165, 1.54) is 24.5 Å². The molecular weight excluding hydrogens is 266 g/mol. The molecule has 0 radical (unpaired) electrons. The van der Waals surface area contributed by atoms with Crippen molar-refractivity contribution in [3.8, 4) is 0 Å². The molecule has 1 rings (SSSR count). The number of hydrogen-bond acceptors (Lipinski definition) is 6. The molecule has 112 valence electrons. The number of esters is 1. The number of pyridine rings is 1. The van der Waals surface area contributed by atoms with E-state index in [1.54, 1.807) is 7.11 Å². The third kappa shape index (κ3) is 7.03. The molecule has 1 aromatic heterocycles. The molecule has 0 aliphatic rings. The first-order chi connectivity index (χ1) is 9.74. The van der Waals surface area contributed by atoms with E-state index in [-0.39, 0.29) is 6.61 Å². The van der Waals surface area contributed by atoms with Crippen molar-refractivity contribution < 1.29 is 28.5 Å². The lowest BCUT2D eigenvalue weighted by Crippen LogP contribution is -2.24. The highest BCUT2D eigenvalue weighted by Crippen LogP contribution is 1.98. The molecule has 0 N–H and O–H groups in total. The van der Waals surface area contributed by atoms with Crippen LogP contribution in [0.3, 0.4) is 0 Å². The summed E-state index contributed by atoms with van der Waals surface area (Å²) in [4.78, 5) is 11.5. The van der Waals surface area contributed by atoms with E-state index >= 15 is 0 Å². The molecule has 20 heavy (non-hydrogen) atoms. The van der Waals surface area contributed by atoms with E-state index in [0.717, 1.165) is 0 Å². The highest BCUT2D eigenvalue weighted by Gasteiger charge is 2.07. The minimum absolute atomic E-state index is 0.156. The Labute approximate surface area is 117 Å². The first kappa shape index (κ1) is 16.4. The van der Waals surface area contributed by atoms with Crippen molar-refractivity contribution in [2.45, 2.75) is 0 Å². The van der Waals surface area contributed by atoms with Crippen molar-refractivity contribution in [2.75, 3.05) is 46.8 Å². The average Bonchev–Trinajstić information content (AvgIpc) is 2.46. The standard InChI is InChI=1S/C13H19NO6/c1-17-6-7-18-8-9-19-10-11-20-13(15)12-2-4-14(16)5-3-12/h2-5H,6-11H2,1H3. The summed E-state index contributed by atoms with van der Waals surface area (Å²) in [6.07, 6.45) is 2.48. The van der Waals surface area contributed by atoms with E-state index in [4.69, 9.17) is 18.9 Å². The molecular formula is C13H19NO6. The number of ether oxygens (including phenoxy) is 4. The molecule has 0 spiro atoms. The van der Waals surface area contributed by atoms with Gasteiger partial charge in [0.05, 0.1) is 38.6 Å². The van der Waals surface area contributed by atoms with Crippen LogP contribution in [0.4, 0.5) is 0 Å². The van der Waals surface area contributed by atoms with Gasteiger partial charge >= 0.3 is 5.97 Å². The average molecular weight is 285 g/mol. The number of hydrogen-bond donors (Lipinski definition) is 0. The maximum atomic E-state index is 11.5. The fourth-order valence-corrected chi connectivity index (χ4v) is 1.29. The maximum Gasteiger partial charge on any atom is 0.338 e. The lowest BCUT2D eigenvalue weighted by atomic mass is 10.3. The summed E-state index contributed by atoms with van der Waals surface area (Å²) < 4.78 is 20.8. The van der Waals surface area contributed by atoms with E-state index in [0.29, 0.717) is 43.3 Å². The highest BCUT2D eigenvalue weighted by atomic mass is 16.6. The Bertz CT molecular complexity index is 381.